The summed E-state index contributed by atoms with van der Waals surface area (Å²) in [7, 11) is -3.38. The van der Waals surface area contributed by atoms with Crippen molar-refractivity contribution in [1.29, 1.82) is 0 Å². The maximum atomic E-state index is 12.7. The van der Waals surface area contributed by atoms with Crippen molar-refractivity contribution < 1.29 is 8.42 Å². The fourth-order valence-electron chi connectivity index (χ4n) is 2.76. The van der Waals surface area contributed by atoms with Crippen molar-refractivity contribution in [3.05, 3.63) is 28.7 Å². The topological polar surface area (TPSA) is 37.4 Å². The van der Waals surface area contributed by atoms with Crippen LogP contribution in [-0.4, -0.2) is 25.8 Å². The van der Waals surface area contributed by atoms with Crippen LogP contribution in [0.4, 0.5) is 0 Å². The molecular weight excluding hydrogens is 338 g/mol. The van der Waals surface area contributed by atoms with Crippen LogP contribution < -0.4 is 0 Å². The number of halogens is 1. The summed E-state index contributed by atoms with van der Waals surface area (Å²) >= 11 is 3.34. The SMILES string of the molecule is CC(C)(C)C1CCN(S(=O)(=O)c2ccccc2Br)CC1. The van der Waals surface area contributed by atoms with E-state index in [2.05, 4.69) is 36.7 Å². The molecule has 1 heterocycles. The van der Waals surface area contributed by atoms with Crippen molar-refractivity contribution in [2.75, 3.05) is 13.1 Å². The monoisotopic (exact) mass is 359 g/mol. The zero-order chi connectivity index (χ0) is 15.0. The van der Waals surface area contributed by atoms with Gasteiger partial charge in [-0.1, -0.05) is 32.9 Å². The Morgan fingerprint density at radius 2 is 1.70 bits per heavy atom. The first-order valence-electron chi connectivity index (χ1n) is 6.97. The highest BCUT2D eigenvalue weighted by atomic mass is 79.9. The Bertz CT molecular complexity index is 570. The Hall–Kier alpha value is -0.390. The van der Waals surface area contributed by atoms with Crippen molar-refractivity contribution in [2.24, 2.45) is 11.3 Å². The Labute approximate surface area is 130 Å². The fourth-order valence-corrected chi connectivity index (χ4v) is 5.19. The largest absolute Gasteiger partial charge is 0.244 e. The number of nitrogens with zero attached hydrogens (tertiary/aromatic N) is 1. The van der Waals surface area contributed by atoms with E-state index in [4.69, 9.17) is 0 Å². The van der Waals surface area contributed by atoms with Gasteiger partial charge in [0.15, 0.2) is 0 Å². The molecule has 5 heteroatoms. The Balaban J connectivity index is 2.16. The van der Waals surface area contributed by atoms with Gasteiger partial charge in [0, 0.05) is 17.6 Å². The third kappa shape index (κ3) is 3.26. The minimum atomic E-state index is -3.38. The third-order valence-corrected chi connectivity index (χ3v) is 7.04. The maximum Gasteiger partial charge on any atom is 0.244 e. The average molecular weight is 360 g/mol. The van der Waals surface area contributed by atoms with Gasteiger partial charge in [-0.05, 0) is 52.2 Å². The molecule has 112 valence electrons. The van der Waals surface area contributed by atoms with Gasteiger partial charge in [-0.3, -0.25) is 0 Å². The van der Waals surface area contributed by atoms with E-state index in [-0.39, 0.29) is 5.41 Å². The molecule has 0 bridgehead atoms. The normalized spacial score (nSPS) is 19.2. The molecule has 1 aliphatic heterocycles. The summed E-state index contributed by atoms with van der Waals surface area (Å²) < 4.78 is 27.6. The summed E-state index contributed by atoms with van der Waals surface area (Å²) in [5.74, 6) is 0.591. The molecule has 0 N–H and O–H groups in total. The minimum Gasteiger partial charge on any atom is -0.207 e. The van der Waals surface area contributed by atoms with E-state index >= 15 is 0 Å². The molecular formula is C15H22BrNO2S. The molecule has 0 unspecified atom stereocenters. The van der Waals surface area contributed by atoms with Crippen LogP contribution in [0.1, 0.15) is 33.6 Å². The van der Waals surface area contributed by atoms with E-state index in [0.29, 0.717) is 28.4 Å². The molecule has 1 aromatic carbocycles. The zero-order valence-corrected chi connectivity index (χ0v) is 14.7. The highest BCUT2D eigenvalue weighted by molar-refractivity contribution is 9.10. The van der Waals surface area contributed by atoms with Crippen LogP contribution in [0.3, 0.4) is 0 Å². The lowest BCUT2D eigenvalue weighted by Crippen LogP contribution is -2.41. The standard InChI is InChI=1S/C15H22BrNO2S/c1-15(2,3)12-8-10-17(11-9-12)20(18,19)14-7-5-4-6-13(14)16/h4-7,12H,8-11H2,1-3H3. The Morgan fingerprint density at radius 1 is 1.15 bits per heavy atom. The van der Waals surface area contributed by atoms with Gasteiger partial charge < -0.3 is 0 Å². The van der Waals surface area contributed by atoms with Gasteiger partial charge in [0.05, 0.1) is 4.90 Å². The molecule has 0 amide bonds. The molecule has 1 saturated heterocycles. The summed E-state index contributed by atoms with van der Waals surface area (Å²) in [5, 5.41) is 0. The first-order valence-corrected chi connectivity index (χ1v) is 9.21. The molecule has 0 spiro atoms. The quantitative estimate of drug-likeness (QED) is 0.802. The molecule has 1 aliphatic rings. The zero-order valence-electron chi connectivity index (χ0n) is 12.3. The highest BCUT2D eigenvalue weighted by Gasteiger charge is 2.34. The van der Waals surface area contributed by atoms with Gasteiger partial charge in [0.2, 0.25) is 10.0 Å². The molecule has 1 aromatic rings. The van der Waals surface area contributed by atoms with Gasteiger partial charge >= 0.3 is 0 Å². The van der Waals surface area contributed by atoms with Crippen LogP contribution in [0.5, 0.6) is 0 Å². The molecule has 0 radical (unpaired) electrons. The van der Waals surface area contributed by atoms with Crippen LogP contribution >= 0.6 is 15.9 Å². The molecule has 20 heavy (non-hydrogen) atoms. The fraction of sp³-hybridized carbons (Fsp3) is 0.600. The number of hydrogen-bond acceptors (Lipinski definition) is 2. The predicted octanol–water partition coefficient (Wildman–Crippen LogP) is 3.90. The second-order valence-corrected chi connectivity index (χ2v) is 9.24. The third-order valence-electron chi connectivity index (χ3n) is 4.13. The van der Waals surface area contributed by atoms with Crippen molar-refractivity contribution in [3.63, 3.8) is 0 Å². The molecule has 0 saturated carbocycles. The summed E-state index contributed by atoms with van der Waals surface area (Å²) in [6.45, 7) is 7.93. The molecule has 1 fully saturated rings. The van der Waals surface area contributed by atoms with Crippen LogP contribution in [0.25, 0.3) is 0 Å². The molecule has 0 atom stereocenters. The minimum absolute atomic E-state index is 0.253. The van der Waals surface area contributed by atoms with Gasteiger partial charge in [0.25, 0.3) is 0 Å². The van der Waals surface area contributed by atoms with Crippen molar-refractivity contribution in [3.8, 4) is 0 Å². The van der Waals surface area contributed by atoms with E-state index in [1.165, 1.54) is 0 Å². The lowest BCUT2D eigenvalue weighted by molar-refractivity contribution is 0.154. The van der Waals surface area contributed by atoms with Crippen molar-refractivity contribution in [1.82, 2.24) is 4.31 Å². The number of piperidine rings is 1. The van der Waals surface area contributed by atoms with E-state index in [9.17, 15) is 8.42 Å². The predicted molar refractivity (Wildman–Crippen MR) is 85.1 cm³/mol. The average Bonchev–Trinajstić information content (AvgIpc) is 2.38. The van der Waals surface area contributed by atoms with Crippen LogP contribution in [-0.2, 0) is 10.0 Å². The highest BCUT2D eigenvalue weighted by Crippen LogP contribution is 2.36. The number of hydrogen-bond donors (Lipinski definition) is 0. The van der Waals surface area contributed by atoms with Gasteiger partial charge in [-0.2, -0.15) is 4.31 Å². The maximum absolute atomic E-state index is 12.7. The lowest BCUT2D eigenvalue weighted by Gasteiger charge is -2.38. The van der Waals surface area contributed by atoms with E-state index in [0.717, 1.165) is 12.8 Å². The summed E-state index contributed by atoms with van der Waals surface area (Å²) in [4.78, 5) is 0.370. The summed E-state index contributed by atoms with van der Waals surface area (Å²) in [6, 6.07) is 7.03. The Kier molecular flexibility index (Phi) is 4.62. The summed E-state index contributed by atoms with van der Waals surface area (Å²) in [6.07, 6.45) is 1.88. The smallest absolute Gasteiger partial charge is 0.207 e. The molecule has 0 aliphatic carbocycles. The number of sulfonamides is 1. The van der Waals surface area contributed by atoms with Crippen molar-refractivity contribution >= 4 is 26.0 Å². The Morgan fingerprint density at radius 3 is 2.20 bits per heavy atom. The second kappa shape index (κ2) is 5.78. The van der Waals surface area contributed by atoms with E-state index in [1.54, 1.807) is 22.5 Å². The van der Waals surface area contributed by atoms with Gasteiger partial charge in [-0.25, -0.2) is 8.42 Å². The van der Waals surface area contributed by atoms with E-state index < -0.39 is 10.0 Å². The van der Waals surface area contributed by atoms with Gasteiger partial charge in [-0.15, -0.1) is 0 Å². The molecule has 2 rings (SSSR count). The first kappa shape index (κ1) is 16.0. The number of benzene rings is 1. The number of rotatable bonds is 2. The molecule has 0 aromatic heterocycles. The second-order valence-electron chi connectivity index (χ2n) is 6.47. The van der Waals surface area contributed by atoms with Crippen LogP contribution in [0.15, 0.2) is 33.6 Å². The lowest BCUT2D eigenvalue weighted by atomic mass is 9.76. The van der Waals surface area contributed by atoms with Crippen molar-refractivity contribution in [2.45, 2.75) is 38.5 Å². The van der Waals surface area contributed by atoms with Gasteiger partial charge in [0.1, 0.15) is 0 Å². The first-order chi connectivity index (χ1) is 9.23. The van der Waals surface area contributed by atoms with Crippen LogP contribution in [0, 0.1) is 11.3 Å². The van der Waals surface area contributed by atoms with E-state index in [1.807, 2.05) is 6.07 Å². The summed E-state index contributed by atoms with van der Waals surface area (Å²) in [5.41, 5.74) is 0.253. The molecule has 3 nitrogen and oxygen atoms in total. The van der Waals surface area contributed by atoms with Crippen LogP contribution in [0.2, 0.25) is 0 Å².